The summed E-state index contributed by atoms with van der Waals surface area (Å²) in [5.41, 5.74) is 4.24. The zero-order chi connectivity index (χ0) is 31.2. The molecule has 0 bridgehead atoms. The number of aromatic hydroxyl groups is 1. The molecule has 2 fully saturated rings. The Hall–Kier alpha value is -5.00. The largest absolute Gasteiger partial charge is 0.508 e. The Labute approximate surface area is 255 Å². The number of phenols is 1. The van der Waals surface area contributed by atoms with E-state index in [1.807, 2.05) is 30.3 Å². The quantitative estimate of drug-likeness (QED) is 0.186. The number of carbonyl (C=O) groups is 4. The Morgan fingerprint density at radius 3 is 2.39 bits per heavy atom. The van der Waals surface area contributed by atoms with Crippen molar-refractivity contribution in [3.63, 3.8) is 0 Å². The van der Waals surface area contributed by atoms with Gasteiger partial charge in [-0.2, -0.15) is 0 Å². The molecule has 2 aliphatic heterocycles. The van der Waals surface area contributed by atoms with E-state index in [1.54, 1.807) is 62.9 Å². The van der Waals surface area contributed by atoms with Crippen LogP contribution in [0, 0.1) is 0 Å². The zero-order valence-electron chi connectivity index (χ0n) is 24.2. The highest BCUT2D eigenvalue weighted by molar-refractivity contribution is 5.94. The highest BCUT2D eigenvalue weighted by atomic mass is 16.5. The number of hydrazine groups is 1. The van der Waals surface area contributed by atoms with Gasteiger partial charge in [0, 0.05) is 31.5 Å². The second-order valence-electron chi connectivity index (χ2n) is 10.9. The molecule has 11 nitrogen and oxygen atoms in total. The summed E-state index contributed by atoms with van der Waals surface area (Å²) in [4.78, 5) is 56.9. The standard InChI is InChI=1S/C33H35N5O6/c1-2-17-36-22-31(41)37-28(19-24-11-14-27(39)15-12-24)33(43)35(20-25-9-6-10-26(18-25)32(42)34-44)21-29(37)38(36)30(40)16-13-23-7-4-3-5-8-23/h2-12,14-15,18,28-29,39,44H,1,13,16-17,19-22H2,(H,34,42)/t28-,29-/m0/s1. The molecule has 3 aromatic carbocycles. The van der Waals surface area contributed by atoms with Crippen molar-refractivity contribution < 1.29 is 29.5 Å². The fourth-order valence-corrected chi connectivity index (χ4v) is 5.87. The molecule has 3 aromatic rings. The summed E-state index contributed by atoms with van der Waals surface area (Å²) in [6, 6.07) is 21.8. The summed E-state index contributed by atoms with van der Waals surface area (Å²) in [7, 11) is 0. The molecule has 3 N–H and O–H groups in total. The lowest BCUT2D eigenvalue weighted by atomic mass is 9.97. The van der Waals surface area contributed by atoms with Crippen LogP contribution in [-0.4, -0.2) is 85.6 Å². The number of rotatable bonds is 10. The van der Waals surface area contributed by atoms with Gasteiger partial charge in [-0.3, -0.25) is 24.4 Å². The highest BCUT2D eigenvalue weighted by Gasteiger charge is 2.50. The zero-order valence-corrected chi connectivity index (χ0v) is 24.2. The number of aryl methyl sites for hydroxylation is 1. The molecule has 0 aliphatic carbocycles. The Morgan fingerprint density at radius 1 is 0.955 bits per heavy atom. The van der Waals surface area contributed by atoms with Crippen LogP contribution >= 0.6 is 0 Å². The number of hydrogen-bond donors (Lipinski definition) is 3. The van der Waals surface area contributed by atoms with Crippen LogP contribution in [0.25, 0.3) is 0 Å². The van der Waals surface area contributed by atoms with E-state index in [4.69, 9.17) is 5.21 Å². The van der Waals surface area contributed by atoms with E-state index in [0.29, 0.717) is 12.0 Å². The summed E-state index contributed by atoms with van der Waals surface area (Å²) in [6.07, 6.45) is 1.75. The van der Waals surface area contributed by atoms with Crippen LogP contribution in [0.15, 0.2) is 91.5 Å². The number of hydroxylamine groups is 1. The number of piperazine rings is 1. The van der Waals surface area contributed by atoms with Gasteiger partial charge in [-0.1, -0.05) is 60.7 Å². The van der Waals surface area contributed by atoms with Gasteiger partial charge in [0.1, 0.15) is 18.0 Å². The van der Waals surface area contributed by atoms with E-state index in [9.17, 15) is 24.3 Å². The molecule has 228 valence electrons. The van der Waals surface area contributed by atoms with Crippen molar-refractivity contribution in [1.29, 1.82) is 0 Å². The maximum Gasteiger partial charge on any atom is 0.274 e. The van der Waals surface area contributed by atoms with Crippen LogP contribution in [0.3, 0.4) is 0 Å². The molecule has 0 aromatic heterocycles. The lowest BCUT2D eigenvalue weighted by molar-refractivity contribution is -0.205. The molecule has 2 atom stereocenters. The molecule has 2 saturated heterocycles. The van der Waals surface area contributed by atoms with Crippen molar-refractivity contribution >= 4 is 23.6 Å². The van der Waals surface area contributed by atoms with Crippen molar-refractivity contribution in [2.24, 2.45) is 0 Å². The molecule has 0 spiro atoms. The second kappa shape index (κ2) is 13.5. The van der Waals surface area contributed by atoms with Gasteiger partial charge in [-0.15, -0.1) is 6.58 Å². The van der Waals surface area contributed by atoms with Crippen LogP contribution in [0.5, 0.6) is 5.75 Å². The van der Waals surface area contributed by atoms with Gasteiger partial charge < -0.3 is 14.9 Å². The third-order valence-electron chi connectivity index (χ3n) is 7.93. The lowest BCUT2D eigenvalue weighted by Crippen LogP contribution is -2.75. The molecule has 0 saturated carbocycles. The maximum atomic E-state index is 14.1. The molecule has 4 amide bonds. The molecule has 11 heteroatoms. The number of nitrogens with zero attached hydrogens (tertiary/aromatic N) is 4. The number of carbonyl (C=O) groups excluding carboxylic acids is 4. The minimum atomic E-state index is -0.912. The van der Waals surface area contributed by atoms with E-state index < -0.39 is 18.1 Å². The first-order valence-corrected chi connectivity index (χ1v) is 14.4. The van der Waals surface area contributed by atoms with Crippen molar-refractivity contribution in [3.05, 3.63) is 114 Å². The van der Waals surface area contributed by atoms with Crippen molar-refractivity contribution in [2.45, 2.75) is 38.0 Å². The normalized spacial score (nSPS) is 18.6. The SMILES string of the molecule is C=CCN1CC(=O)N2[C@@H](Cc3ccc(O)cc3)C(=O)N(Cc3cccc(C(=O)NO)c3)C[C@@H]2N1C(=O)CCc1ccccc1. The second-order valence-corrected chi connectivity index (χ2v) is 10.9. The molecular formula is C33H35N5O6. The first-order chi connectivity index (χ1) is 21.3. The molecule has 2 aliphatic rings. The summed E-state index contributed by atoms with van der Waals surface area (Å²) in [5.74, 6) is -1.35. The average Bonchev–Trinajstić information content (AvgIpc) is 3.03. The van der Waals surface area contributed by atoms with Crippen molar-refractivity contribution in [1.82, 2.24) is 25.3 Å². The van der Waals surface area contributed by atoms with Gasteiger partial charge in [0.25, 0.3) is 5.91 Å². The first kappa shape index (κ1) is 30.5. The van der Waals surface area contributed by atoms with Crippen molar-refractivity contribution in [3.8, 4) is 5.75 Å². The summed E-state index contributed by atoms with van der Waals surface area (Å²) >= 11 is 0. The van der Waals surface area contributed by atoms with E-state index in [0.717, 1.165) is 11.1 Å². The number of hydrogen-bond acceptors (Lipinski definition) is 7. The van der Waals surface area contributed by atoms with Crippen LogP contribution < -0.4 is 5.48 Å². The van der Waals surface area contributed by atoms with Gasteiger partial charge in [0.05, 0.1) is 13.1 Å². The van der Waals surface area contributed by atoms with E-state index in [1.165, 1.54) is 17.0 Å². The Bertz CT molecular complexity index is 1530. The van der Waals surface area contributed by atoms with Crippen molar-refractivity contribution in [2.75, 3.05) is 19.6 Å². The predicted molar refractivity (Wildman–Crippen MR) is 161 cm³/mol. The number of phenolic OH excluding ortho intramolecular Hbond substituents is 1. The van der Waals surface area contributed by atoms with Crippen LogP contribution in [0.4, 0.5) is 0 Å². The number of amides is 4. The van der Waals surface area contributed by atoms with Gasteiger partial charge in [0.15, 0.2) is 0 Å². The summed E-state index contributed by atoms with van der Waals surface area (Å²) in [5, 5.41) is 22.2. The lowest BCUT2D eigenvalue weighted by Gasteiger charge is -2.55. The summed E-state index contributed by atoms with van der Waals surface area (Å²) < 4.78 is 0. The maximum absolute atomic E-state index is 14.1. The third kappa shape index (κ3) is 6.64. The summed E-state index contributed by atoms with van der Waals surface area (Å²) in [6.45, 7) is 4.17. The molecule has 44 heavy (non-hydrogen) atoms. The molecular weight excluding hydrogens is 562 g/mol. The predicted octanol–water partition coefficient (Wildman–Crippen LogP) is 2.50. The monoisotopic (exact) mass is 597 g/mol. The number of fused-ring (bicyclic) bond motifs is 1. The number of nitrogens with one attached hydrogen (secondary N) is 1. The fraction of sp³-hybridized carbons (Fsp3) is 0.273. The minimum absolute atomic E-state index is 0.0534. The minimum Gasteiger partial charge on any atom is -0.508 e. The first-order valence-electron chi connectivity index (χ1n) is 14.4. The average molecular weight is 598 g/mol. The van der Waals surface area contributed by atoms with Gasteiger partial charge in [0.2, 0.25) is 17.7 Å². The molecule has 0 unspecified atom stereocenters. The van der Waals surface area contributed by atoms with E-state index in [2.05, 4.69) is 6.58 Å². The Morgan fingerprint density at radius 2 is 1.68 bits per heavy atom. The highest BCUT2D eigenvalue weighted by Crippen LogP contribution is 2.30. The fourth-order valence-electron chi connectivity index (χ4n) is 5.87. The Kier molecular flexibility index (Phi) is 9.37. The Balaban J connectivity index is 1.50. The molecule has 0 radical (unpaired) electrons. The molecule has 2 heterocycles. The topological polar surface area (TPSA) is 134 Å². The smallest absolute Gasteiger partial charge is 0.274 e. The van der Waals surface area contributed by atoms with Gasteiger partial charge in [-0.05, 0) is 47.4 Å². The van der Waals surface area contributed by atoms with Gasteiger partial charge in [-0.25, -0.2) is 15.5 Å². The van der Waals surface area contributed by atoms with E-state index in [-0.39, 0.29) is 68.1 Å². The van der Waals surface area contributed by atoms with Crippen LogP contribution in [-0.2, 0) is 33.8 Å². The molecule has 5 rings (SSSR count). The van der Waals surface area contributed by atoms with E-state index >= 15 is 0 Å². The van der Waals surface area contributed by atoms with Crippen LogP contribution in [0.2, 0.25) is 0 Å². The third-order valence-corrected chi connectivity index (χ3v) is 7.93. The van der Waals surface area contributed by atoms with Crippen LogP contribution in [0.1, 0.15) is 33.5 Å². The van der Waals surface area contributed by atoms with Gasteiger partial charge >= 0.3 is 0 Å². The number of benzene rings is 3.